The first-order chi connectivity index (χ1) is 16.7. The number of amides is 2. The third-order valence-electron chi connectivity index (χ3n) is 5.81. The summed E-state index contributed by atoms with van der Waals surface area (Å²) >= 11 is 0. The third-order valence-corrected chi connectivity index (χ3v) is 5.81. The number of ether oxygens (including phenoxy) is 1. The zero-order valence-electron chi connectivity index (χ0n) is 19.6. The topological polar surface area (TPSA) is 70.8 Å². The van der Waals surface area contributed by atoms with Crippen LogP contribution >= 0.6 is 0 Å². The number of carbonyl (C=O) groups excluding carboxylic acids is 1. The van der Waals surface area contributed by atoms with Crippen LogP contribution in [0, 0.1) is 6.92 Å². The highest BCUT2D eigenvalue weighted by molar-refractivity contribution is 5.90. The molecule has 1 saturated heterocycles. The van der Waals surface area contributed by atoms with Crippen LogP contribution in [-0.2, 0) is 12.7 Å². The fourth-order valence-electron chi connectivity index (χ4n) is 3.91. The predicted molar refractivity (Wildman–Crippen MR) is 125 cm³/mol. The lowest BCUT2D eigenvalue weighted by Gasteiger charge is -2.34. The maximum absolute atomic E-state index is 13.2. The number of rotatable bonds is 6. The molecule has 0 aliphatic carbocycles. The van der Waals surface area contributed by atoms with E-state index in [1.165, 1.54) is 23.1 Å². The molecule has 0 spiro atoms. The van der Waals surface area contributed by atoms with Crippen molar-refractivity contribution in [3.8, 4) is 17.2 Å². The molecule has 0 bridgehead atoms. The fourth-order valence-corrected chi connectivity index (χ4v) is 3.91. The monoisotopic (exact) mass is 488 g/mol. The van der Waals surface area contributed by atoms with Crippen molar-refractivity contribution in [2.45, 2.75) is 26.6 Å². The van der Waals surface area contributed by atoms with E-state index in [0.717, 1.165) is 28.8 Å². The van der Waals surface area contributed by atoms with Crippen molar-refractivity contribution in [1.29, 1.82) is 0 Å². The normalized spacial score (nSPS) is 14.7. The number of aryl methyl sites for hydroxylation is 1. The number of hydrogen-bond acceptors (Lipinski definition) is 5. The summed E-state index contributed by atoms with van der Waals surface area (Å²) in [6.45, 7) is 6.86. The third kappa shape index (κ3) is 5.94. The molecule has 1 fully saturated rings. The highest BCUT2D eigenvalue weighted by atomic mass is 19.4. The first kappa shape index (κ1) is 24.6. The Morgan fingerprint density at radius 3 is 2.43 bits per heavy atom. The first-order valence-electron chi connectivity index (χ1n) is 11.4. The second-order valence-electron chi connectivity index (χ2n) is 8.22. The zero-order chi connectivity index (χ0) is 25.0. The molecule has 1 aliphatic heterocycles. The number of urea groups is 1. The van der Waals surface area contributed by atoms with E-state index in [0.29, 0.717) is 45.2 Å². The van der Waals surface area contributed by atoms with Gasteiger partial charge in [0.2, 0.25) is 5.89 Å². The Labute approximate surface area is 201 Å². The van der Waals surface area contributed by atoms with Gasteiger partial charge in [0.05, 0.1) is 23.6 Å². The standard InChI is InChI=1S/C25H27F3N4O3/c1-3-34-19-10-8-18(9-11-19)23-29-22(17(2)35-23)16-31-12-14-32(15-13-31)24(33)30-21-7-5-4-6-20(21)25(26,27)28/h4-11H,3,12-16H2,1-2H3,(H,30,33). The molecular formula is C25H27F3N4O3. The van der Waals surface area contributed by atoms with Crippen molar-refractivity contribution >= 4 is 11.7 Å². The van der Waals surface area contributed by atoms with Gasteiger partial charge < -0.3 is 19.4 Å². The number of benzene rings is 2. The molecule has 3 aromatic rings. The van der Waals surface area contributed by atoms with Gasteiger partial charge in [-0.2, -0.15) is 13.2 Å². The summed E-state index contributed by atoms with van der Waals surface area (Å²) in [7, 11) is 0. The van der Waals surface area contributed by atoms with Gasteiger partial charge in [-0.05, 0) is 50.2 Å². The first-order valence-corrected chi connectivity index (χ1v) is 11.4. The van der Waals surface area contributed by atoms with E-state index in [1.54, 1.807) is 0 Å². The van der Waals surface area contributed by atoms with Crippen molar-refractivity contribution in [2.75, 3.05) is 38.1 Å². The number of hydrogen-bond donors (Lipinski definition) is 1. The van der Waals surface area contributed by atoms with E-state index >= 15 is 0 Å². The van der Waals surface area contributed by atoms with Crippen LogP contribution in [0.4, 0.5) is 23.7 Å². The summed E-state index contributed by atoms with van der Waals surface area (Å²) < 4.78 is 50.9. The Morgan fingerprint density at radius 2 is 1.77 bits per heavy atom. The van der Waals surface area contributed by atoms with Crippen LogP contribution in [0.25, 0.3) is 11.5 Å². The van der Waals surface area contributed by atoms with E-state index in [-0.39, 0.29) is 5.69 Å². The van der Waals surface area contributed by atoms with Gasteiger partial charge in [0.1, 0.15) is 11.5 Å². The van der Waals surface area contributed by atoms with Crippen molar-refractivity contribution in [2.24, 2.45) is 0 Å². The highest BCUT2D eigenvalue weighted by Gasteiger charge is 2.34. The van der Waals surface area contributed by atoms with Gasteiger partial charge in [-0.15, -0.1) is 0 Å². The van der Waals surface area contributed by atoms with E-state index in [1.807, 2.05) is 38.1 Å². The Morgan fingerprint density at radius 1 is 1.09 bits per heavy atom. The molecule has 2 aromatic carbocycles. The number of oxazole rings is 1. The smallest absolute Gasteiger partial charge is 0.418 e. The number of carbonyl (C=O) groups is 1. The average molecular weight is 489 g/mol. The van der Waals surface area contributed by atoms with Crippen molar-refractivity contribution in [3.63, 3.8) is 0 Å². The molecule has 4 rings (SSSR count). The van der Waals surface area contributed by atoms with Crippen molar-refractivity contribution < 1.29 is 27.1 Å². The molecule has 1 N–H and O–H groups in total. The number of piperazine rings is 1. The minimum Gasteiger partial charge on any atom is -0.494 e. The molecule has 2 amide bonds. The minimum atomic E-state index is -4.54. The van der Waals surface area contributed by atoms with Crippen molar-refractivity contribution in [1.82, 2.24) is 14.8 Å². The van der Waals surface area contributed by atoms with Gasteiger partial charge in [-0.3, -0.25) is 4.90 Å². The lowest BCUT2D eigenvalue weighted by molar-refractivity contribution is -0.136. The molecule has 1 aliphatic rings. The largest absolute Gasteiger partial charge is 0.494 e. The molecule has 186 valence electrons. The number of nitrogens with one attached hydrogen (secondary N) is 1. The highest BCUT2D eigenvalue weighted by Crippen LogP contribution is 2.34. The van der Waals surface area contributed by atoms with Crippen LogP contribution in [0.3, 0.4) is 0 Å². The molecule has 7 nitrogen and oxygen atoms in total. The lowest BCUT2D eigenvalue weighted by Crippen LogP contribution is -2.49. The molecule has 0 unspecified atom stereocenters. The summed E-state index contributed by atoms with van der Waals surface area (Å²) in [6.07, 6.45) is -4.54. The van der Waals surface area contributed by atoms with Gasteiger partial charge in [0.25, 0.3) is 0 Å². The summed E-state index contributed by atoms with van der Waals surface area (Å²) in [5.74, 6) is 2.03. The molecule has 0 radical (unpaired) electrons. The number of para-hydroxylation sites is 1. The van der Waals surface area contributed by atoms with Crippen LogP contribution < -0.4 is 10.1 Å². The molecule has 0 atom stereocenters. The number of aromatic nitrogens is 1. The summed E-state index contributed by atoms with van der Waals surface area (Å²) in [5.41, 5.74) is 0.554. The van der Waals surface area contributed by atoms with Gasteiger partial charge in [-0.1, -0.05) is 12.1 Å². The Hall–Kier alpha value is -3.53. The van der Waals surface area contributed by atoms with Crippen molar-refractivity contribution in [3.05, 3.63) is 65.5 Å². The SMILES string of the molecule is CCOc1ccc(-c2nc(CN3CCN(C(=O)Nc4ccccc4C(F)(F)F)CC3)c(C)o2)cc1. The Kier molecular flexibility index (Phi) is 7.30. The number of alkyl halides is 3. The molecule has 35 heavy (non-hydrogen) atoms. The van der Waals surface area contributed by atoms with Gasteiger partial charge in [0.15, 0.2) is 0 Å². The number of anilines is 1. The quantitative estimate of drug-likeness (QED) is 0.502. The molecule has 0 saturated carbocycles. The lowest BCUT2D eigenvalue weighted by atomic mass is 10.1. The molecule has 1 aromatic heterocycles. The average Bonchev–Trinajstić information content (AvgIpc) is 3.20. The Bertz CT molecular complexity index is 1150. The summed E-state index contributed by atoms with van der Waals surface area (Å²) in [5, 5.41) is 2.41. The zero-order valence-corrected chi connectivity index (χ0v) is 19.6. The van der Waals surface area contributed by atoms with Crippen LogP contribution in [0.2, 0.25) is 0 Å². The fraction of sp³-hybridized carbons (Fsp3) is 0.360. The number of nitrogens with zero attached hydrogens (tertiary/aromatic N) is 3. The predicted octanol–water partition coefficient (Wildman–Crippen LogP) is 5.42. The Balaban J connectivity index is 1.33. The van der Waals surface area contributed by atoms with Crippen LogP contribution in [-0.4, -0.2) is 53.6 Å². The number of halogens is 3. The second-order valence-corrected chi connectivity index (χ2v) is 8.22. The molecular weight excluding hydrogens is 461 g/mol. The van der Waals surface area contributed by atoms with E-state index in [2.05, 4.69) is 15.2 Å². The summed E-state index contributed by atoms with van der Waals surface area (Å²) in [4.78, 5) is 20.9. The minimum absolute atomic E-state index is 0.243. The van der Waals surface area contributed by atoms with Gasteiger partial charge in [-0.25, -0.2) is 9.78 Å². The van der Waals surface area contributed by atoms with Crippen LogP contribution in [0.1, 0.15) is 23.9 Å². The second kappa shape index (κ2) is 10.4. The maximum atomic E-state index is 13.2. The molecule has 10 heteroatoms. The van der Waals surface area contributed by atoms with E-state index < -0.39 is 17.8 Å². The van der Waals surface area contributed by atoms with Crippen LogP contribution in [0.5, 0.6) is 5.75 Å². The molecule has 2 heterocycles. The van der Waals surface area contributed by atoms with E-state index in [4.69, 9.17) is 9.15 Å². The van der Waals surface area contributed by atoms with Gasteiger partial charge >= 0.3 is 12.2 Å². The van der Waals surface area contributed by atoms with Gasteiger partial charge in [0, 0.05) is 38.3 Å². The van der Waals surface area contributed by atoms with Crippen LogP contribution in [0.15, 0.2) is 52.9 Å². The summed E-state index contributed by atoms with van der Waals surface area (Å²) in [6, 6.07) is 12.0. The maximum Gasteiger partial charge on any atom is 0.418 e. The van der Waals surface area contributed by atoms with E-state index in [9.17, 15) is 18.0 Å².